The number of fused-ring (bicyclic) bond motifs is 2. The standard InChI is InChI=1S/C26H45N3O4/c1-5-6-10-13-19-14-11-8-7-9-12-15-20-17-22(26(33)29(4)25(20)32)28-24(31)21(16-18(2)3)27-23(19)30/h9,12,18-22,26,33H,5-8,10-11,13-17H2,1-4H3,(H,27,30)(H,28,31)/b12-9+/t19?,20?,21-,22?,26?/m0/s1. The second kappa shape index (κ2) is 13.7. The molecule has 0 radical (unpaired) electrons. The second-order valence-electron chi connectivity index (χ2n) is 10.3. The van der Waals surface area contributed by atoms with Crippen LogP contribution in [0.3, 0.4) is 0 Å². The molecule has 3 amide bonds. The largest absolute Gasteiger partial charge is 0.371 e. The zero-order chi connectivity index (χ0) is 24.4. The summed E-state index contributed by atoms with van der Waals surface area (Å²) in [7, 11) is 1.58. The van der Waals surface area contributed by atoms with Crippen LogP contribution in [0.4, 0.5) is 0 Å². The summed E-state index contributed by atoms with van der Waals surface area (Å²) in [5.74, 6) is -0.538. The molecular weight excluding hydrogens is 418 g/mol. The third-order valence-corrected chi connectivity index (χ3v) is 6.95. The van der Waals surface area contributed by atoms with Crippen molar-refractivity contribution in [3.05, 3.63) is 12.2 Å². The van der Waals surface area contributed by atoms with Gasteiger partial charge in [0, 0.05) is 18.9 Å². The molecular formula is C26H45N3O4. The minimum atomic E-state index is -1.07. The fourth-order valence-electron chi connectivity index (χ4n) is 4.90. The van der Waals surface area contributed by atoms with E-state index in [-0.39, 0.29) is 35.5 Å². The zero-order valence-corrected chi connectivity index (χ0v) is 21.0. The predicted molar refractivity (Wildman–Crippen MR) is 130 cm³/mol. The van der Waals surface area contributed by atoms with Crippen molar-refractivity contribution in [1.29, 1.82) is 0 Å². The maximum atomic E-state index is 13.2. The van der Waals surface area contributed by atoms with Gasteiger partial charge in [0.05, 0.1) is 6.04 Å². The monoisotopic (exact) mass is 463 g/mol. The van der Waals surface area contributed by atoms with Crippen LogP contribution >= 0.6 is 0 Å². The smallest absolute Gasteiger partial charge is 0.242 e. The van der Waals surface area contributed by atoms with Crippen molar-refractivity contribution in [2.24, 2.45) is 17.8 Å². The molecule has 0 aliphatic carbocycles. The highest BCUT2D eigenvalue weighted by molar-refractivity contribution is 5.89. The minimum absolute atomic E-state index is 0.0381. The number of carbonyl (C=O) groups excluding carboxylic acids is 3. The molecule has 2 heterocycles. The Kier molecular flexibility index (Phi) is 11.4. The molecule has 0 aromatic rings. The van der Waals surface area contributed by atoms with E-state index in [1.165, 1.54) is 4.90 Å². The number of piperidine rings is 1. The Morgan fingerprint density at radius 3 is 2.55 bits per heavy atom. The average Bonchev–Trinajstić information content (AvgIpc) is 2.76. The van der Waals surface area contributed by atoms with E-state index in [1.54, 1.807) is 7.05 Å². The van der Waals surface area contributed by atoms with Crippen LogP contribution in [0.5, 0.6) is 0 Å². The number of likely N-dealkylation sites (N-methyl/N-ethyl adjacent to an activating group) is 1. The summed E-state index contributed by atoms with van der Waals surface area (Å²) in [6.45, 7) is 6.21. The van der Waals surface area contributed by atoms with Gasteiger partial charge in [-0.15, -0.1) is 0 Å². The summed E-state index contributed by atoms with van der Waals surface area (Å²) in [5.41, 5.74) is 0. The number of rotatable bonds is 6. The summed E-state index contributed by atoms with van der Waals surface area (Å²) in [4.78, 5) is 40.4. The number of nitrogens with one attached hydrogen (secondary N) is 2. The second-order valence-corrected chi connectivity index (χ2v) is 10.3. The molecule has 5 atom stereocenters. The van der Waals surface area contributed by atoms with Gasteiger partial charge in [0.2, 0.25) is 17.7 Å². The third kappa shape index (κ3) is 8.43. The normalized spacial score (nSPS) is 31.3. The third-order valence-electron chi connectivity index (χ3n) is 6.95. The van der Waals surface area contributed by atoms with Crippen molar-refractivity contribution in [2.45, 2.75) is 110 Å². The van der Waals surface area contributed by atoms with E-state index in [1.807, 2.05) is 19.9 Å². The van der Waals surface area contributed by atoms with Crippen molar-refractivity contribution in [1.82, 2.24) is 15.5 Å². The molecule has 1 fully saturated rings. The molecule has 7 heteroatoms. The fraction of sp³-hybridized carbons (Fsp3) is 0.808. The van der Waals surface area contributed by atoms with E-state index in [4.69, 9.17) is 0 Å². The molecule has 7 nitrogen and oxygen atoms in total. The highest BCUT2D eigenvalue weighted by Crippen LogP contribution is 2.26. The first-order chi connectivity index (χ1) is 15.7. The van der Waals surface area contributed by atoms with E-state index >= 15 is 0 Å². The number of allylic oxidation sites excluding steroid dienone is 2. The van der Waals surface area contributed by atoms with Crippen LogP contribution in [0.1, 0.15) is 91.4 Å². The maximum Gasteiger partial charge on any atom is 0.242 e. The SMILES string of the molecule is CCCCCC1CCCC/C=C/CC2CC(NC(=O)[C@H](CC(C)C)NC1=O)C(O)N(C)C2=O. The van der Waals surface area contributed by atoms with Gasteiger partial charge in [-0.25, -0.2) is 0 Å². The summed E-state index contributed by atoms with van der Waals surface area (Å²) in [5, 5.41) is 16.6. The van der Waals surface area contributed by atoms with Gasteiger partial charge in [-0.2, -0.15) is 0 Å². The lowest BCUT2D eigenvalue weighted by molar-refractivity contribution is -0.155. The lowest BCUT2D eigenvalue weighted by atomic mass is 9.88. The molecule has 3 N–H and O–H groups in total. The molecule has 4 unspecified atom stereocenters. The molecule has 0 aromatic heterocycles. The van der Waals surface area contributed by atoms with E-state index in [0.29, 0.717) is 19.3 Å². The number of likely N-dealkylation sites (tertiary alicyclic amines) is 1. The number of nitrogens with zero attached hydrogens (tertiary/aromatic N) is 1. The molecule has 0 saturated carbocycles. The molecule has 2 aliphatic rings. The van der Waals surface area contributed by atoms with Crippen LogP contribution in [-0.2, 0) is 14.4 Å². The predicted octanol–water partition coefficient (Wildman–Crippen LogP) is 3.52. The van der Waals surface area contributed by atoms with Gasteiger partial charge in [0.15, 0.2) is 0 Å². The van der Waals surface area contributed by atoms with Crippen molar-refractivity contribution < 1.29 is 19.5 Å². The number of carbonyl (C=O) groups is 3. The highest BCUT2D eigenvalue weighted by atomic mass is 16.3. The summed E-state index contributed by atoms with van der Waals surface area (Å²) in [6, 6.07) is -1.20. The Bertz CT molecular complexity index is 678. The summed E-state index contributed by atoms with van der Waals surface area (Å²) < 4.78 is 0. The van der Waals surface area contributed by atoms with Crippen molar-refractivity contribution in [3.8, 4) is 0 Å². The summed E-state index contributed by atoms with van der Waals surface area (Å²) in [6.07, 6.45) is 12.4. The molecule has 0 aromatic carbocycles. The molecule has 2 aliphatic heterocycles. The van der Waals surface area contributed by atoms with Crippen molar-refractivity contribution >= 4 is 17.7 Å². The Hall–Kier alpha value is -1.89. The van der Waals surface area contributed by atoms with E-state index in [2.05, 4.69) is 23.6 Å². The van der Waals surface area contributed by atoms with Gasteiger partial charge in [-0.1, -0.05) is 58.6 Å². The maximum absolute atomic E-state index is 13.2. The minimum Gasteiger partial charge on any atom is -0.371 e. The van der Waals surface area contributed by atoms with Crippen molar-refractivity contribution in [3.63, 3.8) is 0 Å². The number of hydrogen-bond acceptors (Lipinski definition) is 4. The van der Waals surface area contributed by atoms with E-state index in [9.17, 15) is 19.5 Å². The Balaban J connectivity index is 2.23. The Morgan fingerprint density at radius 1 is 1.09 bits per heavy atom. The first-order valence-electron chi connectivity index (χ1n) is 12.9. The van der Waals surface area contributed by atoms with Crippen LogP contribution < -0.4 is 10.6 Å². The topological polar surface area (TPSA) is 98.7 Å². The van der Waals surface area contributed by atoms with Crippen LogP contribution in [0.25, 0.3) is 0 Å². The number of hydrogen-bond donors (Lipinski definition) is 3. The van der Waals surface area contributed by atoms with Gasteiger partial charge in [0.1, 0.15) is 12.3 Å². The fourth-order valence-corrected chi connectivity index (χ4v) is 4.90. The number of aliphatic hydroxyl groups is 1. The van der Waals surface area contributed by atoms with Gasteiger partial charge in [-0.05, 0) is 50.9 Å². The molecule has 33 heavy (non-hydrogen) atoms. The van der Waals surface area contributed by atoms with Crippen LogP contribution in [0.2, 0.25) is 0 Å². The Labute approximate surface area is 199 Å². The highest BCUT2D eigenvalue weighted by Gasteiger charge is 2.40. The number of amides is 3. The molecule has 2 bridgehead atoms. The molecule has 2 rings (SSSR count). The molecule has 188 valence electrons. The van der Waals surface area contributed by atoms with Crippen LogP contribution in [0.15, 0.2) is 12.2 Å². The van der Waals surface area contributed by atoms with E-state index in [0.717, 1.165) is 51.4 Å². The molecule has 1 saturated heterocycles. The lowest BCUT2D eigenvalue weighted by Crippen LogP contribution is -2.61. The van der Waals surface area contributed by atoms with E-state index < -0.39 is 18.3 Å². The quantitative estimate of drug-likeness (QED) is 0.415. The van der Waals surface area contributed by atoms with Crippen LogP contribution in [0, 0.1) is 17.8 Å². The zero-order valence-electron chi connectivity index (χ0n) is 21.0. The average molecular weight is 464 g/mol. The lowest BCUT2D eigenvalue weighted by Gasteiger charge is -2.40. The summed E-state index contributed by atoms with van der Waals surface area (Å²) >= 11 is 0. The number of aliphatic hydroxyl groups excluding tert-OH is 1. The first kappa shape index (κ1) is 27.4. The van der Waals surface area contributed by atoms with Gasteiger partial charge < -0.3 is 20.6 Å². The van der Waals surface area contributed by atoms with Crippen molar-refractivity contribution in [2.75, 3.05) is 7.05 Å². The molecule has 0 spiro atoms. The van der Waals surface area contributed by atoms with Crippen LogP contribution in [-0.4, -0.2) is 53.1 Å². The van der Waals surface area contributed by atoms with Gasteiger partial charge in [0.25, 0.3) is 0 Å². The number of unbranched alkanes of at least 4 members (excludes halogenated alkanes) is 2. The van der Waals surface area contributed by atoms with Gasteiger partial charge in [-0.3, -0.25) is 14.4 Å². The Morgan fingerprint density at radius 2 is 1.85 bits per heavy atom. The van der Waals surface area contributed by atoms with Gasteiger partial charge >= 0.3 is 0 Å². The first-order valence-corrected chi connectivity index (χ1v) is 12.9.